The van der Waals surface area contributed by atoms with Crippen LogP contribution in [0.2, 0.25) is 0 Å². The van der Waals surface area contributed by atoms with Gasteiger partial charge in [0.25, 0.3) is 0 Å². The molecular weight excluding hydrogens is 444 g/mol. The normalized spacial score (nSPS) is 12.1. The Hall–Kier alpha value is -3.16. The summed E-state index contributed by atoms with van der Waals surface area (Å²) in [4.78, 5) is 13.2. The largest absolute Gasteiger partial charge is 0.383 e. The van der Waals surface area contributed by atoms with Gasteiger partial charge in [-0.25, -0.2) is 0 Å². The summed E-state index contributed by atoms with van der Waals surface area (Å²) >= 11 is 1.41. The lowest BCUT2D eigenvalue weighted by atomic mass is 10.2. The first-order chi connectivity index (χ1) is 16.4. The molecule has 4 aromatic rings. The number of methoxy groups -OCH3 is 1. The third-order valence-corrected chi connectivity index (χ3v) is 6.85. The van der Waals surface area contributed by atoms with Crippen molar-refractivity contribution in [2.45, 2.75) is 38.9 Å². The molecular formula is C27H30N4O2S. The zero-order valence-corrected chi connectivity index (χ0v) is 21.1. The topological polar surface area (TPSA) is 61.9 Å². The summed E-state index contributed by atoms with van der Waals surface area (Å²) in [5.41, 5.74) is 5.90. The highest BCUT2D eigenvalue weighted by atomic mass is 32.2. The molecule has 1 unspecified atom stereocenters. The van der Waals surface area contributed by atoms with Crippen LogP contribution in [0, 0.1) is 20.8 Å². The first-order valence-electron chi connectivity index (χ1n) is 11.3. The van der Waals surface area contributed by atoms with Crippen molar-refractivity contribution in [1.29, 1.82) is 0 Å². The number of aryl methyl sites for hydroxylation is 2. The quantitative estimate of drug-likeness (QED) is 0.225. The second kappa shape index (κ2) is 10.4. The Balaban J connectivity index is 1.63. The second-order valence-electron chi connectivity index (χ2n) is 8.51. The van der Waals surface area contributed by atoms with Crippen LogP contribution in [0.3, 0.4) is 0 Å². The Kier molecular flexibility index (Phi) is 7.34. The average Bonchev–Trinajstić information content (AvgIpc) is 3.39. The lowest BCUT2D eigenvalue weighted by molar-refractivity contribution is 0.102. The first kappa shape index (κ1) is 24.0. The van der Waals surface area contributed by atoms with Crippen LogP contribution < -0.4 is 0 Å². The average molecular weight is 475 g/mol. The van der Waals surface area contributed by atoms with E-state index in [9.17, 15) is 4.79 Å². The predicted octanol–water partition coefficient (Wildman–Crippen LogP) is 5.84. The number of hydrogen-bond acceptors (Lipinski definition) is 5. The van der Waals surface area contributed by atoms with Gasteiger partial charge in [-0.2, -0.15) is 0 Å². The van der Waals surface area contributed by atoms with Crippen molar-refractivity contribution in [2.24, 2.45) is 0 Å². The standard InChI is InChI=1S/C27H30N4O2S/c1-18-11-13-23(14-12-18)31-26(22-9-7-6-8-10-22)28-29-27(31)34-17-25(32)24-15-19(2)30(21(24)4)20(3)16-33-5/h6-15,20H,16-17H2,1-5H3. The number of benzene rings is 2. The molecule has 2 heterocycles. The van der Waals surface area contributed by atoms with Gasteiger partial charge in [0.05, 0.1) is 18.4 Å². The monoisotopic (exact) mass is 474 g/mol. The minimum atomic E-state index is 0.0775. The van der Waals surface area contributed by atoms with Crippen LogP contribution in [0.4, 0.5) is 0 Å². The smallest absolute Gasteiger partial charge is 0.196 e. The molecule has 1 atom stereocenters. The maximum Gasteiger partial charge on any atom is 0.196 e. The van der Waals surface area contributed by atoms with Crippen molar-refractivity contribution in [2.75, 3.05) is 19.5 Å². The number of Topliss-reactive ketones (excluding diaryl/α,β-unsaturated/α-hetero) is 1. The van der Waals surface area contributed by atoms with Gasteiger partial charge in [0.1, 0.15) is 0 Å². The van der Waals surface area contributed by atoms with E-state index in [1.165, 1.54) is 17.3 Å². The summed E-state index contributed by atoms with van der Waals surface area (Å²) in [6.07, 6.45) is 0. The molecule has 0 fully saturated rings. The molecule has 0 aliphatic rings. The van der Waals surface area contributed by atoms with Crippen LogP contribution in [0.15, 0.2) is 65.8 Å². The zero-order chi connectivity index (χ0) is 24.2. The van der Waals surface area contributed by atoms with E-state index in [0.717, 1.165) is 34.0 Å². The van der Waals surface area contributed by atoms with Gasteiger partial charge in [0.15, 0.2) is 16.8 Å². The second-order valence-corrected chi connectivity index (χ2v) is 9.46. The molecule has 0 amide bonds. The number of nitrogens with zero attached hydrogens (tertiary/aromatic N) is 4. The molecule has 2 aromatic heterocycles. The molecule has 0 aliphatic carbocycles. The van der Waals surface area contributed by atoms with Crippen molar-refractivity contribution in [3.8, 4) is 17.1 Å². The molecule has 0 aliphatic heterocycles. The van der Waals surface area contributed by atoms with Crippen LogP contribution in [-0.4, -0.2) is 44.6 Å². The predicted molar refractivity (Wildman–Crippen MR) is 137 cm³/mol. The molecule has 4 rings (SSSR count). The Morgan fingerprint density at radius 3 is 2.41 bits per heavy atom. The Bertz CT molecular complexity index is 1280. The van der Waals surface area contributed by atoms with Crippen molar-refractivity contribution in [3.05, 3.63) is 83.2 Å². The zero-order valence-electron chi connectivity index (χ0n) is 20.3. The molecule has 176 valence electrons. The lowest BCUT2D eigenvalue weighted by Crippen LogP contribution is -2.14. The summed E-state index contributed by atoms with van der Waals surface area (Å²) in [5.74, 6) is 1.11. The lowest BCUT2D eigenvalue weighted by Gasteiger charge is -2.17. The van der Waals surface area contributed by atoms with E-state index in [1.807, 2.05) is 54.8 Å². The minimum Gasteiger partial charge on any atom is -0.383 e. The number of rotatable bonds is 9. The number of ketones is 1. The van der Waals surface area contributed by atoms with Crippen LogP contribution in [0.25, 0.3) is 17.1 Å². The van der Waals surface area contributed by atoms with Crippen molar-refractivity contribution in [3.63, 3.8) is 0 Å². The number of hydrogen-bond donors (Lipinski definition) is 0. The van der Waals surface area contributed by atoms with Gasteiger partial charge in [0.2, 0.25) is 0 Å². The number of carbonyl (C=O) groups excluding carboxylic acids is 1. The van der Waals surface area contributed by atoms with Crippen molar-refractivity contribution in [1.82, 2.24) is 19.3 Å². The first-order valence-corrected chi connectivity index (χ1v) is 12.3. The van der Waals surface area contributed by atoms with Crippen LogP contribution in [-0.2, 0) is 4.74 Å². The van der Waals surface area contributed by atoms with Crippen molar-refractivity contribution >= 4 is 17.5 Å². The highest BCUT2D eigenvalue weighted by Gasteiger charge is 2.21. The molecule has 34 heavy (non-hydrogen) atoms. The molecule has 0 saturated carbocycles. The van der Waals surface area contributed by atoms with Crippen LogP contribution >= 0.6 is 11.8 Å². The molecule has 0 N–H and O–H groups in total. The fraction of sp³-hybridized carbons (Fsp3) is 0.296. The Morgan fingerprint density at radius 1 is 1.03 bits per heavy atom. The van der Waals surface area contributed by atoms with Crippen molar-refractivity contribution < 1.29 is 9.53 Å². The summed E-state index contributed by atoms with van der Waals surface area (Å²) in [5, 5.41) is 9.63. The van der Waals surface area contributed by atoms with E-state index in [2.05, 4.69) is 52.9 Å². The van der Waals surface area contributed by atoms with E-state index >= 15 is 0 Å². The Morgan fingerprint density at radius 2 is 1.74 bits per heavy atom. The highest BCUT2D eigenvalue weighted by Crippen LogP contribution is 2.29. The Labute approximate surface area is 205 Å². The third-order valence-electron chi connectivity index (χ3n) is 5.92. The van der Waals surface area contributed by atoms with Gasteiger partial charge in [-0.05, 0) is 45.9 Å². The van der Waals surface area contributed by atoms with E-state index in [4.69, 9.17) is 4.74 Å². The molecule has 6 nitrogen and oxygen atoms in total. The maximum absolute atomic E-state index is 13.2. The van der Waals surface area contributed by atoms with Crippen LogP contribution in [0.1, 0.15) is 40.3 Å². The number of aromatic nitrogens is 4. The van der Waals surface area contributed by atoms with Gasteiger partial charge < -0.3 is 9.30 Å². The summed E-state index contributed by atoms with van der Waals surface area (Å²) in [6, 6.07) is 20.4. The number of carbonyl (C=O) groups is 1. The van der Waals surface area contributed by atoms with E-state index in [1.54, 1.807) is 7.11 Å². The minimum absolute atomic E-state index is 0.0775. The van der Waals surface area contributed by atoms with Gasteiger partial charge in [0, 0.05) is 35.3 Å². The van der Waals surface area contributed by atoms with E-state index in [0.29, 0.717) is 11.8 Å². The molecule has 7 heteroatoms. The summed E-state index contributed by atoms with van der Waals surface area (Å²) < 4.78 is 9.51. The van der Waals surface area contributed by atoms with Gasteiger partial charge in [-0.1, -0.05) is 59.8 Å². The van der Waals surface area contributed by atoms with Gasteiger partial charge in [-0.15, -0.1) is 10.2 Å². The van der Waals surface area contributed by atoms with Gasteiger partial charge in [-0.3, -0.25) is 9.36 Å². The molecule has 0 spiro atoms. The molecule has 0 bridgehead atoms. The molecule has 2 aromatic carbocycles. The summed E-state index contributed by atoms with van der Waals surface area (Å²) in [7, 11) is 1.70. The number of thioether (sulfide) groups is 1. The maximum atomic E-state index is 13.2. The van der Waals surface area contributed by atoms with Crippen LogP contribution in [0.5, 0.6) is 0 Å². The van der Waals surface area contributed by atoms with Gasteiger partial charge >= 0.3 is 0 Å². The van der Waals surface area contributed by atoms with E-state index < -0.39 is 0 Å². The summed E-state index contributed by atoms with van der Waals surface area (Å²) in [6.45, 7) is 8.79. The molecule has 0 radical (unpaired) electrons. The fourth-order valence-corrected chi connectivity index (χ4v) is 5.16. The SMILES string of the molecule is COCC(C)n1c(C)cc(C(=O)CSc2nnc(-c3ccccc3)n2-c2ccc(C)cc2)c1C. The highest BCUT2D eigenvalue weighted by molar-refractivity contribution is 7.99. The fourth-order valence-electron chi connectivity index (χ4n) is 4.33. The van der Waals surface area contributed by atoms with E-state index in [-0.39, 0.29) is 17.6 Å². The number of ether oxygens (including phenoxy) is 1. The third kappa shape index (κ3) is 4.86. The molecule has 0 saturated heterocycles.